The van der Waals surface area contributed by atoms with Crippen LogP contribution in [0.15, 0.2) is 47.5 Å². The van der Waals surface area contributed by atoms with Gasteiger partial charge in [-0.1, -0.05) is 18.2 Å². The van der Waals surface area contributed by atoms with Crippen molar-refractivity contribution in [1.82, 2.24) is 9.88 Å². The van der Waals surface area contributed by atoms with Crippen LogP contribution in [0.4, 0.5) is 0 Å². The minimum absolute atomic E-state index is 0.0231. The molecule has 2 aromatic heterocycles. The number of hydrogen-bond donors (Lipinski definition) is 2. The summed E-state index contributed by atoms with van der Waals surface area (Å²) in [4.78, 5) is 31.5. The van der Waals surface area contributed by atoms with Gasteiger partial charge >= 0.3 is 0 Å². The van der Waals surface area contributed by atoms with E-state index in [4.69, 9.17) is 4.74 Å². The Kier molecular flexibility index (Phi) is 5.49. The number of ketones is 1. The third-order valence-electron chi connectivity index (χ3n) is 5.32. The van der Waals surface area contributed by atoms with Gasteiger partial charge in [0.05, 0.1) is 24.3 Å². The predicted octanol–water partition coefficient (Wildman–Crippen LogP) is 4.38. The molecule has 7 heteroatoms. The average molecular weight is 425 g/mol. The van der Waals surface area contributed by atoms with E-state index in [9.17, 15) is 14.7 Å². The molecule has 0 aliphatic carbocycles. The van der Waals surface area contributed by atoms with Crippen molar-refractivity contribution in [2.75, 3.05) is 13.2 Å². The first kappa shape index (κ1) is 20.4. The zero-order valence-electron chi connectivity index (χ0n) is 17.1. The van der Waals surface area contributed by atoms with Gasteiger partial charge in [0.25, 0.3) is 11.7 Å². The lowest BCUT2D eigenvalue weighted by Crippen LogP contribution is -2.33. The summed E-state index contributed by atoms with van der Waals surface area (Å²) in [6.45, 7) is 6.38. The molecular weight excluding hydrogens is 400 g/mol. The van der Waals surface area contributed by atoms with Gasteiger partial charge in [-0.3, -0.25) is 9.59 Å². The highest BCUT2D eigenvalue weighted by molar-refractivity contribution is 7.10. The quantitative estimate of drug-likeness (QED) is 0.349. The number of Topliss-reactive ketones (excluding diaryl/α,β-unsaturated/α-hetero) is 1. The van der Waals surface area contributed by atoms with Crippen LogP contribution in [-0.2, 0) is 14.3 Å². The molecule has 1 saturated heterocycles. The molecule has 1 aliphatic heterocycles. The van der Waals surface area contributed by atoms with Gasteiger partial charge in [0, 0.05) is 34.1 Å². The number of thiophene rings is 1. The van der Waals surface area contributed by atoms with E-state index in [2.05, 4.69) is 4.98 Å². The van der Waals surface area contributed by atoms with Crippen LogP contribution in [0, 0.1) is 6.92 Å². The predicted molar refractivity (Wildman–Crippen MR) is 117 cm³/mol. The lowest BCUT2D eigenvalue weighted by atomic mass is 9.98. The molecular formula is C23H24N2O4S. The van der Waals surface area contributed by atoms with E-state index in [1.807, 2.05) is 56.5 Å². The lowest BCUT2D eigenvalue weighted by molar-refractivity contribution is -0.140. The van der Waals surface area contributed by atoms with Crippen molar-refractivity contribution in [3.05, 3.63) is 63.5 Å². The zero-order chi connectivity index (χ0) is 21.4. The first-order valence-corrected chi connectivity index (χ1v) is 10.8. The maximum absolute atomic E-state index is 13.0. The Morgan fingerprint density at radius 1 is 1.27 bits per heavy atom. The summed E-state index contributed by atoms with van der Waals surface area (Å²) >= 11 is 1.48. The van der Waals surface area contributed by atoms with Crippen LogP contribution in [0.25, 0.3) is 16.7 Å². The molecule has 0 saturated carbocycles. The van der Waals surface area contributed by atoms with Crippen LogP contribution in [-0.4, -0.2) is 45.9 Å². The number of ether oxygens (including phenoxy) is 1. The Bertz CT molecular complexity index is 1140. The Balaban J connectivity index is 1.84. The van der Waals surface area contributed by atoms with E-state index >= 15 is 0 Å². The molecule has 1 aliphatic rings. The number of fused-ring (bicyclic) bond motifs is 1. The first-order valence-electron chi connectivity index (χ1n) is 9.90. The third kappa shape index (κ3) is 3.44. The lowest BCUT2D eigenvalue weighted by Gasteiger charge is -2.25. The Labute approximate surface area is 178 Å². The summed E-state index contributed by atoms with van der Waals surface area (Å²) < 4.78 is 5.62. The van der Waals surface area contributed by atoms with Gasteiger partial charge < -0.3 is 19.7 Å². The molecule has 3 heterocycles. The van der Waals surface area contributed by atoms with Crippen LogP contribution in [0.5, 0.6) is 0 Å². The smallest absolute Gasteiger partial charge is 0.295 e. The largest absolute Gasteiger partial charge is 0.507 e. The van der Waals surface area contributed by atoms with Gasteiger partial charge in [0.2, 0.25) is 0 Å². The number of likely N-dealkylation sites (tertiary alicyclic amines) is 1. The zero-order valence-corrected chi connectivity index (χ0v) is 18.0. The van der Waals surface area contributed by atoms with E-state index in [1.54, 1.807) is 6.20 Å². The molecule has 3 aromatic rings. The Morgan fingerprint density at radius 2 is 2.03 bits per heavy atom. The van der Waals surface area contributed by atoms with Gasteiger partial charge in [0.1, 0.15) is 5.76 Å². The molecule has 1 aromatic carbocycles. The number of H-pyrrole nitrogens is 1. The number of aromatic nitrogens is 1. The van der Waals surface area contributed by atoms with Gasteiger partial charge in [-0.25, -0.2) is 0 Å². The molecule has 0 spiro atoms. The first-order chi connectivity index (χ1) is 14.4. The highest BCUT2D eigenvalue weighted by atomic mass is 32.1. The number of hydrogen-bond acceptors (Lipinski definition) is 5. The minimum atomic E-state index is -0.667. The minimum Gasteiger partial charge on any atom is -0.507 e. The standard InChI is InChI=1S/C23H24N2O4S/c1-13(2)29-10-9-25-19(22-14(3)8-11-30-22)18(21(27)23(25)28)20(26)16-12-24-17-7-5-4-6-15(16)17/h4-8,11-13,19,24,26H,9-10H2,1-3H3/b20-18+. The maximum atomic E-state index is 13.0. The number of nitrogens with zero attached hydrogens (tertiary/aromatic N) is 1. The van der Waals surface area contributed by atoms with Crippen molar-refractivity contribution in [3.63, 3.8) is 0 Å². The molecule has 1 unspecified atom stereocenters. The molecule has 30 heavy (non-hydrogen) atoms. The van der Waals surface area contributed by atoms with Crippen LogP contribution < -0.4 is 0 Å². The molecule has 0 bridgehead atoms. The van der Waals surface area contributed by atoms with Crippen molar-refractivity contribution < 1.29 is 19.4 Å². The molecule has 2 N–H and O–H groups in total. The van der Waals surface area contributed by atoms with E-state index in [0.29, 0.717) is 12.2 Å². The van der Waals surface area contributed by atoms with Crippen LogP contribution in [0.2, 0.25) is 0 Å². The van der Waals surface area contributed by atoms with Crippen molar-refractivity contribution in [3.8, 4) is 0 Å². The van der Waals surface area contributed by atoms with Gasteiger partial charge in [-0.2, -0.15) is 0 Å². The molecule has 1 amide bonds. The number of benzene rings is 1. The monoisotopic (exact) mass is 424 g/mol. The van der Waals surface area contributed by atoms with E-state index in [1.165, 1.54) is 16.2 Å². The number of carbonyl (C=O) groups is 2. The van der Waals surface area contributed by atoms with Gasteiger partial charge in [-0.15, -0.1) is 11.3 Å². The highest BCUT2D eigenvalue weighted by Gasteiger charge is 2.47. The van der Waals surface area contributed by atoms with E-state index in [0.717, 1.165) is 21.3 Å². The number of nitrogens with one attached hydrogen (secondary N) is 1. The topological polar surface area (TPSA) is 82.6 Å². The summed E-state index contributed by atoms with van der Waals surface area (Å²) in [6.07, 6.45) is 1.70. The average Bonchev–Trinajstić information content (AvgIpc) is 3.39. The van der Waals surface area contributed by atoms with Crippen molar-refractivity contribution in [2.45, 2.75) is 32.9 Å². The van der Waals surface area contributed by atoms with Gasteiger partial charge in [-0.05, 0) is 43.8 Å². The number of carbonyl (C=O) groups excluding carboxylic acids is 2. The fourth-order valence-corrected chi connectivity index (χ4v) is 4.89. The summed E-state index contributed by atoms with van der Waals surface area (Å²) in [5, 5.41) is 13.9. The molecule has 6 nitrogen and oxygen atoms in total. The molecule has 1 atom stereocenters. The number of para-hydroxylation sites is 1. The summed E-state index contributed by atoms with van der Waals surface area (Å²) in [7, 11) is 0. The molecule has 4 rings (SSSR count). The summed E-state index contributed by atoms with van der Waals surface area (Å²) in [5.41, 5.74) is 2.47. The normalized spacial score (nSPS) is 18.8. The van der Waals surface area contributed by atoms with Gasteiger partial charge in [0.15, 0.2) is 0 Å². The second-order valence-corrected chi connectivity index (χ2v) is 8.58. The number of aryl methyl sites for hydroxylation is 1. The molecule has 0 radical (unpaired) electrons. The third-order valence-corrected chi connectivity index (χ3v) is 6.39. The number of aliphatic hydroxyl groups is 1. The fourth-order valence-electron chi connectivity index (χ4n) is 3.85. The van der Waals surface area contributed by atoms with E-state index in [-0.39, 0.29) is 24.0 Å². The van der Waals surface area contributed by atoms with E-state index < -0.39 is 17.7 Å². The summed E-state index contributed by atoms with van der Waals surface area (Å²) in [5.74, 6) is -1.43. The number of rotatable bonds is 6. The maximum Gasteiger partial charge on any atom is 0.295 e. The number of aromatic amines is 1. The van der Waals surface area contributed by atoms with Crippen molar-refractivity contribution in [2.24, 2.45) is 0 Å². The highest BCUT2D eigenvalue weighted by Crippen LogP contribution is 2.43. The Hall–Kier alpha value is -2.90. The SMILES string of the molecule is Cc1ccsc1C1/C(=C(\O)c2c[nH]c3ccccc23)C(=O)C(=O)N1CCOC(C)C. The van der Waals surface area contributed by atoms with Crippen LogP contribution in [0.3, 0.4) is 0 Å². The molecule has 156 valence electrons. The van der Waals surface area contributed by atoms with Crippen LogP contribution in [0.1, 0.15) is 35.9 Å². The second kappa shape index (κ2) is 8.08. The number of amides is 1. The Morgan fingerprint density at radius 3 is 2.73 bits per heavy atom. The second-order valence-electron chi connectivity index (χ2n) is 7.63. The van der Waals surface area contributed by atoms with Crippen molar-refractivity contribution >= 4 is 39.7 Å². The fraction of sp³-hybridized carbons (Fsp3) is 0.304. The van der Waals surface area contributed by atoms with Crippen molar-refractivity contribution in [1.29, 1.82) is 0 Å². The molecule has 1 fully saturated rings. The summed E-state index contributed by atoms with van der Waals surface area (Å²) in [6, 6.07) is 8.86. The van der Waals surface area contributed by atoms with Crippen LogP contribution >= 0.6 is 11.3 Å². The number of aliphatic hydroxyl groups excluding tert-OH is 1.